The maximum absolute atomic E-state index is 13.2. The minimum atomic E-state index is -3.61. The normalized spacial score (nSPS) is 14.2. The molecule has 0 N–H and O–H groups in total. The van der Waals surface area contributed by atoms with Gasteiger partial charge in [0.05, 0.1) is 16.2 Å². The number of benzene rings is 2. The van der Waals surface area contributed by atoms with E-state index in [1.54, 1.807) is 48.8 Å². The lowest BCUT2D eigenvalue weighted by Crippen LogP contribution is -2.50. The molecule has 7 heteroatoms. The number of rotatable bonds is 6. The molecular formula is C27H25N3O3S. The van der Waals surface area contributed by atoms with Gasteiger partial charge >= 0.3 is 0 Å². The van der Waals surface area contributed by atoms with Crippen molar-refractivity contribution in [2.45, 2.75) is 24.0 Å². The van der Waals surface area contributed by atoms with Gasteiger partial charge in [-0.05, 0) is 66.8 Å². The second kappa shape index (κ2) is 8.99. The van der Waals surface area contributed by atoms with E-state index in [4.69, 9.17) is 0 Å². The number of sulfone groups is 1. The van der Waals surface area contributed by atoms with Crippen LogP contribution in [0.4, 0.5) is 0 Å². The van der Waals surface area contributed by atoms with Gasteiger partial charge in [-0.1, -0.05) is 30.3 Å². The largest absolute Gasteiger partial charge is 0.338 e. The van der Waals surface area contributed by atoms with Gasteiger partial charge in [0.2, 0.25) is 0 Å². The first-order chi connectivity index (χ1) is 16.4. The zero-order chi connectivity index (χ0) is 23.7. The highest BCUT2D eigenvalue weighted by atomic mass is 32.2. The van der Waals surface area contributed by atoms with Gasteiger partial charge in [-0.25, -0.2) is 8.42 Å². The van der Waals surface area contributed by atoms with Crippen molar-refractivity contribution in [1.82, 2.24) is 14.9 Å². The molecule has 3 heterocycles. The Balaban J connectivity index is 1.28. The molecule has 172 valence electrons. The Kier molecular flexibility index (Phi) is 5.87. The molecule has 1 aliphatic rings. The molecule has 0 radical (unpaired) electrons. The standard InChI is InChI=1S/C27H25N3O3S/c1-19-14-22(27(31)30-16-20(17-30)15-24-8-2-3-12-28-24)10-11-23(19)18-34(32,33)25-9-4-6-21-7-5-13-29-26(21)25/h2-14,20H,15-18H2,1H3. The van der Waals surface area contributed by atoms with Gasteiger partial charge in [0.1, 0.15) is 0 Å². The highest BCUT2D eigenvalue weighted by Crippen LogP contribution is 2.27. The minimum Gasteiger partial charge on any atom is -0.338 e. The van der Waals surface area contributed by atoms with E-state index in [1.165, 1.54) is 0 Å². The van der Waals surface area contributed by atoms with E-state index >= 15 is 0 Å². The van der Waals surface area contributed by atoms with E-state index in [9.17, 15) is 13.2 Å². The molecule has 34 heavy (non-hydrogen) atoms. The molecule has 4 aromatic rings. The molecule has 6 nitrogen and oxygen atoms in total. The first-order valence-electron chi connectivity index (χ1n) is 11.3. The van der Waals surface area contributed by atoms with Gasteiger partial charge in [-0.2, -0.15) is 0 Å². The van der Waals surface area contributed by atoms with Crippen molar-refractivity contribution in [3.8, 4) is 0 Å². The summed E-state index contributed by atoms with van der Waals surface area (Å²) >= 11 is 0. The summed E-state index contributed by atoms with van der Waals surface area (Å²) in [5.74, 6) is 0.255. The number of nitrogens with zero attached hydrogens (tertiary/aromatic N) is 3. The van der Waals surface area contributed by atoms with Crippen LogP contribution in [0, 0.1) is 12.8 Å². The first-order valence-corrected chi connectivity index (χ1v) is 12.9. The monoisotopic (exact) mass is 471 g/mol. The third-order valence-electron chi connectivity index (χ3n) is 6.33. The maximum atomic E-state index is 13.2. The number of aromatic nitrogens is 2. The summed E-state index contributed by atoms with van der Waals surface area (Å²) in [6.07, 6.45) is 4.26. The molecular weight excluding hydrogens is 446 g/mol. The van der Waals surface area contributed by atoms with Crippen LogP contribution >= 0.6 is 0 Å². The summed E-state index contributed by atoms with van der Waals surface area (Å²) in [6, 6.07) is 20.0. The van der Waals surface area contributed by atoms with Crippen LogP contribution in [0.5, 0.6) is 0 Å². The molecule has 0 spiro atoms. The van der Waals surface area contributed by atoms with Crippen molar-refractivity contribution in [2.24, 2.45) is 5.92 Å². The fourth-order valence-corrected chi connectivity index (χ4v) is 6.10. The highest BCUT2D eigenvalue weighted by molar-refractivity contribution is 7.90. The van der Waals surface area contributed by atoms with Crippen LogP contribution in [0.1, 0.15) is 27.2 Å². The van der Waals surface area contributed by atoms with Crippen molar-refractivity contribution in [2.75, 3.05) is 13.1 Å². The molecule has 1 aliphatic heterocycles. The molecule has 0 atom stereocenters. The summed E-state index contributed by atoms with van der Waals surface area (Å²) in [5.41, 5.74) is 3.57. The van der Waals surface area contributed by atoms with Gasteiger partial charge < -0.3 is 4.90 Å². The molecule has 5 rings (SSSR count). The quantitative estimate of drug-likeness (QED) is 0.421. The Bertz CT molecular complexity index is 1460. The summed E-state index contributed by atoms with van der Waals surface area (Å²) in [4.78, 5) is 23.6. The number of carbonyl (C=O) groups is 1. The Hall–Kier alpha value is -3.58. The topological polar surface area (TPSA) is 80.2 Å². The predicted molar refractivity (Wildman–Crippen MR) is 131 cm³/mol. The minimum absolute atomic E-state index is 0.0203. The fraction of sp³-hybridized carbons (Fsp3) is 0.222. The second-order valence-electron chi connectivity index (χ2n) is 8.83. The summed E-state index contributed by atoms with van der Waals surface area (Å²) in [6.45, 7) is 3.26. The third kappa shape index (κ3) is 4.43. The van der Waals surface area contributed by atoms with Crippen LogP contribution < -0.4 is 0 Å². The predicted octanol–water partition coefficient (Wildman–Crippen LogP) is 4.23. The van der Waals surface area contributed by atoms with Crippen molar-refractivity contribution in [3.63, 3.8) is 0 Å². The zero-order valence-electron chi connectivity index (χ0n) is 18.9. The van der Waals surface area contributed by atoms with Gasteiger partial charge in [0, 0.05) is 42.1 Å². The third-order valence-corrected chi connectivity index (χ3v) is 8.02. The van der Waals surface area contributed by atoms with Crippen LogP contribution in [-0.2, 0) is 22.0 Å². The Labute approximate surface area is 199 Å². The molecule has 0 aliphatic carbocycles. The molecule has 0 unspecified atom stereocenters. The molecule has 1 fully saturated rings. The molecule has 1 saturated heterocycles. The van der Waals surface area contributed by atoms with Gasteiger partial charge in [-0.15, -0.1) is 0 Å². The van der Waals surface area contributed by atoms with Gasteiger partial charge in [0.15, 0.2) is 9.84 Å². The van der Waals surface area contributed by atoms with E-state index in [-0.39, 0.29) is 16.6 Å². The lowest BCUT2D eigenvalue weighted by atomic mass is 9.93. The number of hydrogen-bond acceptors (Lipinski definition) is 5. The summed E-state index contributed by atoms with van der Waals surface area (Å²) in [5, 5.41) is 0.789. The van der Waals surface area contributed by atoms with Crippen molar-refractivity contribution in [1.29, 1.82) is 0 Å². The van der Waals surface area contributed by atoms with E-state index in [0.717, 1.165) is 23.1 Å². The Morgan fingerprint density at radius 2 is 1.76 bits per heavy atom. The first kappa shape index (κ1) is 22.2. The Morgan fingerprint density at radius 1 is 0.971 bits per heavy atom. The highest BCUT2D eigenvalue weighted by Gasteiger charge is 2.31. The number of para-hydroxylation sites is 1. The average Bonchev–Trinajstić information content (AvgIpc) is 2.82. The second-order valence-corrected chi connectivity index (χ2v) is 10.8. The van der Waals surface area contributed by atoms with Crippen molar-refractivity contribution in [3.05, 3.63) is 102 Å². The van der Waals surface area contributed by atoms with Crippen molar-refractivity contribution >= 4 is 26.6 Å². The van der Waals surface area contributed by atoms with Crippen LogP contribution in [0.25, 0.3) is 10.9 Å². The SMILES string of the molecule is Cc1cc(C(=O)N2CC(Cc3ccccn3)C2)ccc1CS(=O)(=O)c1cccc2cccnc12. The summed E-state index contributed by atoms with van der Waals surface area (Å²) in [7, 11) is -3.61. The number of amides is 1. The molecule has 2 aromatic carbocycles. The van der Waals surface area contributed by atoms with E-state index in [1.807, 2.05) is 42.2 Å². The van der Waals surface area contributed by atoms with Crippen LogP contribution in [-0.4, -0.2) is 42.3 Å². The molecule has 1 amide bonds. The average molecular weight is 472 g/mol. The number of carbonyl (C=O) groups excluding carboxylic acids is 1. The van der Waals surface area contributed by atoms with Crippen LogP contribution in [0.15, 0.2) is 84.0 Å². The summed E-state index contributed by atoms with van der Waals surface area (Å²) < 4.78 is 26.4. The molecule has 0 bridgehead atoms. The molecule has 2 aromatic heterocycles. The van der Waals surface area contributed by atoms with Gasteiger partial charge in [0.25, 0.3) is 5.91 Å². The van der Waals surface area contributed by atoms with Gasteiger partial charge in [-0.3, -0.25) is 14.8 Å². The maximum Gasteiger partial charge on any atom is 0.253 e. The number of pyridine rings is 2. The Morgan fingerprint density at radius 3 is 2.53 bits per heavy atom. The number of hydrogen-bond donors (Lipinski definition) is 0. The van der Waals surface area contributed by atoms with E-state index in [0.29, 0.717) is 35.7 Å². The van der Waals surface area contributed by atoms with Crippen LogP contribution in [0.2, 0.25) is 0 Å². The number of fused-ring (bicyclic) bond motifs is 1. The molecule has 0 saturated carbocycles. The van der Waals surface area contributed by atoms with E-state index in [2.05, 4.69) is 9.97 Å². The lowest BCUT2D eigenvalue weighted by molar-refractivity contribution is 0.0499. The fourth-order valence-electron chi connectivity index (χ4n) is 4.46. The lowest BCUT2D eigenvalue weighted by Gasteiger charge is -2.39. The van der Waals surface area contributed by atoms with Crippen molar-refractivity contribution < 1.29 is 13.2 Å². The van der Waals surface area contributed by atoms with Crippen LogP contribution in [0.3, 0.4) is 0 Å². The number of aryl methyl sites for hydroxylation is 1. The zero-order valence-corrected chi connectivity index (χ0v) is 19.7. The smallest absolute Gasteiger partial charge is 0.253 e. The number of likely N-dealkylation sites (tertiary alicyclic amines) is 1. The van der Waals surface area contributed by atoms with E-state index < -0.39 is 9.84 Å².